The molecule has 0 aliphatic rings. The average Bonchev–Trinajstić information content (AvgIpc) is 2.50. The summed E-state index contributed by atoms with van der Waals surface area (Å²) in [4.78, 5) is 20.9. The zero-order valence-electron chi connectivity index (χ0n) is 11.4. The Labute approximate surface area is 120 Å². The number of hydrazine groups is 1. The highest BCUT2D eigenvalue weighted by atomic mass is 16.1. The van der Waals surface area contributed by atoms with Gasteiger partial charge in [-0.05, 0) is 13.0 Å². The van der Waals surface area contributed by atoms with Crippen LogP contribution in [0.1, 0.15) is 11.5 Å². The van der Waals surface area contributed by atoms with Gasteiger partial charge in [0.2, 0.25) is 0 Å². The topological polar surface area (TPSA) is 98.7 Å². The van der Waals surface area contributed by atoms with Crippen LogP contribution in [0, 0.1) is 6.92 Å². The Bertz CT molecular complexity index is 857. The number of anilines is 1. The van der Waals surface area contributed by atoms with Crippen molar-refractivity contribution < 1.29 is 0 Å². The summed E-state index contributed by atoms with van der Waals surface area (Å²) in [5.41, 5.74) is 3.08. The predicted octanol–water partition coefficient (Wildman–Crippen LogP) is 0.829. The molecule has 0 atom stereocenters. The van der Waals surface area contributed by atoms with Crippen molar-refractivity contribution in [3.8, 4) is 0 Å². The monoisotopic (exact) mass is 282 g/mol. The van der Waals surface area contributed by atoms with Crippen LogP contribution in [0.5, 0.6) is 0 Å². The van der Waals surface area contributed by atoms with E-state index in [1.165, 1.54) is 4.68 Å². The first-order valence-electron chi connectivity index (χ1n) is 6.43. The Hall–Kier alpha value is -2.80. The molecule has 0 fully saturated rings. The molecular formula is C14H14N6O. The van der Waals surface area contributed by atoms with Gasteiger partial charge in [0.25, 0.3) is 5.56 Å². The Morgan fingerprint density at radius 1 is 1.29 bits per heavy atom. The SMILES string of the molecule is Cc1cc(NN)nc(Cn2ncc3ccccc3c2=O)n1. The summed E-state index contributed by atoms with van der Waals surface area (Å²) in [6, 6.07) is 9.05. The summed E-state index contributed by atoms with van der Waals surface area (Å²) < 4.78 is 1.34. The van der Waals surface area contributed by atoms with Crippen molar-refractivity contribution in [1.82, 2.24) is 19.7 Å². The van der Waals surface area contributed by atoms with Crippen molar-refractivity contribution in [2.45, 2.75) is 13.5 Å². The van der Waals surface area contributed by atoms with Crippen LogP contribution in [0.25, 0.3) is 10.8 Å². The van der Waals surface area contributed by atoms with Crippen molar-refractivity contribution >= 4 is 16.6 Å². The highest BCUT2D eigenvalue weighted by Gasteiger charge is 2.07. The molecule has 0 aliphatic carbocycles. The molecule has 3 rings (SSSR count). The minimum absolute atomic E-state index is 0.166. The molecule has 2 heterocycles. The molecule has 0 aliphatic heterocycles. The van der Waals surface area contributed by atoms with Crippen molar-refractivity contribution in [2.75, 3.05) is 5.43 Å². The van der Waals surface area contributed by atoms with E-state index in [2.05, 4.69) is 20.5 Å². The molecule has 0 spiro atoms. The highest BCUT2D eigenvalue weighted by Crippen LogP contribution is 2.08. The Balaban J connectivity index is 2.04. The average molecular weight is 282 g/mol. The van der Waals surface area contributed by atoms with Crippen LogP contribution in [0.15, 0.2) is 41.3 Å². The Morgan fingerprint density at radius 3 is 2.90 bits per heavy atom. The van der Waals surface area contributed by atoms with Crippen molar-refractivity contribution in [1.29, 1.82) is 0 Å². The minimum atomic E-state index is -0.166. The second-order valence-electron chi connectivity index (χ2n) is 4.65. The van der Waals surface area contributed by atoms with E-state index in [1.54, 1.807) is 18.3 Å². The van der Waals surface area contributed by atoms with Crippen LogP contribution < -0.4 is 16.8 Å². The molecule has 0 saturated carbocycles. The second-order valence-corrected chi connectivity index (χ2v) is 4.65. The van der Waals surface area contributed by atoms with Crippen molar-refractivity contribution in [3.05, 3.63) is 58.4 Å². The van der Waals surface area contributed by atoms with Crippen molar-refractivity contribution in [3.63, 3.8) is 0 Å². The third-order valence-electron chi connectivity index (χ3n) is 3.10. The van der Waals surface area contributed by atoms with Gasteiger partial charge >= 0.3 is 0 Å². The smallest absolute Gasteiger partial charge is 0.275 e. The second kappa shape index (κ2) is 5.29. The van der Waals surface area contributed by atoms with Gasteiger partial charge < -0.3 is 5.43 Å². The molecule has 3 N–H and O–H groups in total. The van der Waals surface area contributed by atoms with E-state index in [1.807, 2.05) is 25.1 Å². The number of nitrogen functional groups attached to an aromatic ring is 1. The number of aromatic nitrogens is 4. The Morgan fingerprint density at radius 2 is 2.10 bits per heavy atom. The fraction of sp³-hybridized carbons (Fsp3) is 0.143. The number of nitrogens with two attached hydrogens (primary N) is 1. The first-order valence-corrected chi connectivity index (χ1v) is 6.43. The molecule has 106 valence electrons. The first kappa shape index (κ1) is 13.2. The van der Waals surface area contributed by atoms with Gasteiger partial charge in [-0.2, -0.15) is 5.10 Å². The summed E-state index contributed by atoms with van der Waals surface area (Å²) in [5, 5.41) is 5.60. The highest BCUT2D eigenvalue weighted by molar-refractivity contribution is 5.80. The number of benzene rings is 1. The molecule has 0 saturated heterocycles. The maximum absolute atomic E-state index is 12.4. The number of nitrogens with one attached hydrogen (secondary N) is 1. The lowest BCUT2D eigenvalue weighted by Crippen LogP contribution is -2.24. The summed E-state index contributed by atoms with van der Waals surface area (Å²) in [7, 11) is 0. The molecule has 3 aromatic rings. The third-order valence-corrected chi connectivity index (χ3v) is 3.10. The molecular weight excluding hydrogens is 268 g/mol. The maximum atomic E-state index is 12.4. The van der Waals surface area contributed by atoms with Gasteiger partial charge in [-0.3, -0.25) is 4.79 Å². The molecule has 0 unspecified atom stereocenters. The summed E-state index contributed by atoms with van der Waals surface area (Å²) >= 11 is 0. The van der Waals surface area contributed by atoms with E-state index < -0.39 is 0 Å². The molecule has 0 bridgehead atoms. The van der Waals surface area contributed by atoms with Crippen LogP contribution in [0.2, 0.25) is 0 Å². The zero-order chi connectivity index (χ0) is 14.8. The van der Waals surface area contributed by atoms with Crippen molar-refractivity contribution in [2.24, 2.45) is 5.84 Å². The third kappa shape index (κ3) is 2.59. The van der Waals surface area contributed by atoms with Gasteiger partial charge in [0.15, 0.2) is 5.82 Å². The largest absolute Gasteiger partial charge is 0.308 e. The van der Waals surface area contributed by atoms with E-state index >= 15 is 0 Å². The number of hydrogen-bond donors (Lipinski definition) is 2. The van der Waals surface area contributed by atoms with E-state index in [0.29, 0.717) is 17.0 Å². The molecule has 21 heavy (non-hydrogen) atoms. The lowest BCUT2D eigenvalue weighted by atomic mass is 10.2. The summed E-state index contributed by atoms with van der Waals surface area (Å²) in [5.74, 6) is 6.35. The maximum Gasteiger partial charge on any atom is 0.275 e. The molecule has 7 nitrogen and oxygen atoms in total. The fourth-order valence-corrected chi connectivity index (χ4v) is 2.15. The number of rotatable bonds is 3. The van der Waals surface area contributed by atoms with Gasteiger partial charge in [-0.15, -0.1) is 0 Å². The lowest BCUT2D eigenvalue weighted by Gasteiger charge is -2.07. The van der Waals surface area contributed by atoms with Crippen LogP contribution in [0.3, 0.4) is 0 Å². The van der Waals surface area contributed by atoms with Gasteiger partial charge in [0.05, 0.1) is 11.6 Å². The van der Waals surface area contributed by atoms with Crippen LogP contribution >= 0.6 is 0 Å². The van der Waals surface area contributed by atoms with E-state index in [-0.39, 0.29) is 12.1 Å². The Kier molecular flexibility index (Phi) is 3.33. The number of nitrogens with zero attached hydrogens (tertiary/aromatic N) is 4. The predicted molar refractivity (Wildman–Crippen MR) is 79.7 cm³/mol. The number of aryl methyl sites for hydroxylation is 1. The van der Waals surface area contributed by atoms with E-state index in [9.17, 15) is 4.79 Å². The van der Waals surface area contributed by atoms with Gasteiger partial charge in [0, 0.05) is 17.1 Å². The fourth-order valence-electron chi connectivity index (χ4n) is 2.15. The summed E-state index contributed by atoms with van der Waals surface area (Å²) in [6.45, 7) is 2.03. The van der Waals surface area contributed by atoms with E-state index in [4.69, 9.17) is 5.84 Å². The first-order chi connectivity index (χ1) is 10.2. The quantitative estimate of drug-likeness (QED) is 0.545. The van der Waals surface area contributed by atoms with Gasteiger partial charge in [-0.25, -0.2) is 20.5 Å². The summed E-state index contributed by atoms with van der Waals surface area (Å²) in [6.07, 6.45) is 1.66. The lowest BCUT2D eigenvalue weighted by molar-refractivity contribution is 0.620. The molecule has 1 aromatic carbocycles. The molecule has 2 aromatic heterocycles. The van der Waals surface area contributed by atoms with Crippen LogP contribution in [-0.4, -0.2) is 19.7 Å². The molecule has 7 heteroatoms. The van der Waals surface area contributed by atoms with E-state index in [0.717, 1.165) is 11.1 Å². The normalized spacial score (nSPS) is 10.8. The molecule has 0 radical (unpaired) electrons. The number of hydrogen-bond acceptors (Lipinski definition) is 6. The van der Waals surface area contributed by atoms with Gasteiger partial charge in [0.1, 0.15) is 12.4 Å². The number of fused-ring (bicyclic) bond motifs is 1. The van der Waals surface area contributed by atoms with Crippen LogP contribution in [0.4, 0.5) is 5.82 Å². The minimum Gasteiger partial charge on any atom is -0.308 e. The zero-order valence-corrected chi connectivity index (χ0v) is 11.4. The van der Waals surface area contributed by atoms with Gasteiger partial charge in [-0.1, -0.05) is 18.2 Å². The van der Waals surface area contributed by atoms with Crippen LogP contribution in [-0.2, 0) is 6.54 Å². The molecule has 0 amide bonds. The standard InChI is InChI=1S/C14H14N6O/c1-9-6-12(19-15)18-13(17-9)8-20-14(21)11-5-3-2-4-10(11)7-16-20/h2-7H,8,15H2,1H3,(H,17,18,19).